The maximum Gasteiger partial charge on any atom is 0.251 e. The Bertz CT molecular complexity index is 757. The lowest BCUT2D eigenvalue weighted by Crippen LogP contribution is -2.47. The second-order valence-electron chi connectivity index (χ2n) is 8.09. The minimum absolute atomic E-state index is 0.0628. The normalized spacial score (nSPS) is 16.3. The molecule has 134 valence electrons. The summed E-state index contributed by atoms with van der Waals surface area (Å²) >= 11 is 0. The highest BCUT2D eigenvalue weighted by Gasteiger charge is 2.34. The van der Waals surface area contributed by atoms with Crippen LogP contribution in [0, 0.1) is 5.41 Å². The van der Waals surface area contributed by atoms with Crippen LogP contribution >= 0.6 is 0 Å². The first-order valence-corrected chi connectivity index (χ1v) is 8.68. The van der Waals surface area contributed by atoms with E-state index in [2.05, 4.69) is 36.2 Å². The van der Waals surface area contributed by atoms with Gasteiger partial charge in [0, 0.05) is 24.1 Å². The van der Waals surface area contributed by atoms with Gasteiger partial charge in [-0.3, -0.25) is 4.79 Å². The zero-order chi connectivity index (χ0) is 18.1. The minimum Gasteiger partial charge on any atom is -0.388 e. The number of nitrogens with one attached hydrogen (secondary N) is 1. The number of amides is 1. The monoisotopic (exact) mass is 343 g/mol. The van der Waals surface area contributed by atoms with Crippen LogP contribution < -0.4 is 5.32 Å². The number of hydrogen-bond donors (Lipinski definition) is 2. The van der Waals surface area contributed by atoms with Crippen LogP contribution in [0.1, 0.15) is 56.3 Å². The summed E-state index contributed by atoms with van der Waals surface area (Å²) in [5.41, 5.74) is 0.581. The first-order chi connectivity index (χ1) is 11.7. The van der Waals surface area contributed by atoms with E-state index in [0.717, 1.165) is 24.8 Å². The predicted molar refractivity (Wildman–Crippen MR) is 94.0 cm³/mol. The smallest absolute Gasteiger partial charge is 0.251 e. The van der Waals surface area contributed by atoms with Gasteiger partial charge < -0.3 is 14.9 Å². The second-order valence-corrected chi connectivity index (χ2v) is 8.09. The van der Waals surface area contributed by atoms with Crippen molar-refractivity contribution in [1.82, 2.24) is 15.5 Å². The number of carbonyl (C=O) groups is 1. The molecule has 2 N–H and O–H groups in total. The standard InChI is InChI=1S/C19H25N3O3/c1-18(2,3)11-15-21-16(22-25-15)13-6-4-7-14(10-13)17(23)20-12-19(24)8-5-9-19/h4,6-7,10,24H,5,8-9,11-12H2,1-3H3,(H,20,23). The molecule has 0 atom stereocenters. The van der Waals surface area contributed by atoms with Crippen molar-refractivity contribution in [3.8, 4) is 11.4 Å². The van der Waals surface area contributed by atoms with Crippen LogP contribution in [0.5, 0.6) is 0 Å². The van der Waals surface area contributed by atoms with Crippen LogP contribution in [-0.2, 0) is 6.42 Å². The van der Waals surface area contributed by atoms with Gasteiger partial charge in [0.05, 0.1) is 5.60 Å². The van der Waals surface area contributed by atoms with Crippen molar-refractivity contribution in [1.29, 1.82) is 0 Å². The summed E-state index contributed by atoms with van der Waals surface area (Å²) in [5.74, 6) is 0.858. The van der Waals surface area contributed by atoms with Crippen molar-refractivity contribution in [3.05, 3.63) is 35.7 Å². The number of benzene rings is 1. The Kier molecular flexibility index (Phi) is 4.64. The zero-order valence-corrected chi connectivity index (χ0v) is 15.0. The number of aromatic nitrogens is 2. The highest BCUT2D eigenvalue weighted by molar-refractivity contribution is 5.95. The van der Waals surface area contributed by atoms with Gasteiger partial charge in [0.2, 0.25) is 11.7 Å². The highest BCUT2D eigenvalue weighted by atomic mass is 16.5. The quantitative estimate of drug-likeness (QED) is 0.871. The van der Waals surface area contributed by atoms with Crippen molar-refractivity contribution in [2.24, 2.45) is 5.41 Å². The molecule has 0 saturated heterocycles. The van der Waals surface area contributed by atoms with E-state index in [1.54, 1.807) is 18.2 Å². The molecular weight excluding hydrogens is 318 g/mol. The van der Waals surface area contributed by atoms with Gasteiger partial charge in [-0.15, -0.1) is 0 Å². The first-order valence-electron chi connectivity index (χ1n) is 8.68. The van der Waals surface area contributed by atoms with Gasteiger partial charge in [-0.05, 0) is 36.8 Å². The maximum absolute atomic E-state index is 12.3. The van der Waals surface area contributed by atoms with Crippen LogP contribution in [-0.4, -0.2) is 33.3 Å². The van der Waals surface area contributed by atoms with Gasteiger partial charge in [0.15, 0.2) is 0 Å². The van der Waals surface area contributed by atoms with Gasteiger partial charge in [-0.1, -0.05) is 38.1 Å². The predicted octanol–water partition coefficient (Wildman–Crippen LogP) is 2.97. The minimum atomic E-state index is -0.733. The first kappa shape index (κ1) is 17.6. The number of rotatable bonds is 5. The third-order valence-corrected chi connectivity index (χ3v) is 4.39. The molecule has 0 bridgehead atoms. The molecule has 2 aromatic rings. The van der Waals surface area contributed by atoms with E-state index in [1.165, 1.54) is 0 Å². The van der Waals surface area contributed by atoms with Gasteiger partial charge in [0.1, 0.15) is 0 Å². The van der Waals surface area contributed by atoms with Gasteiger partial charge in [-0.25, -0.2) is 0 Å². The van der Waals surface area contributed by atoms with Crippen molar-refractivity contribution in [2.75, 3.05) is 6.54 Å². The van der Waals surface area contributed by atoms with Crippen molar-refractivity contribution < 1.29 is 14.4 Å². The molecule has 1 aliphatic rings. The van der Waals surface area contributed by atoms with E-state index in [9.17, 15) is 9.90 Å². The summed E-state index contributed by atoms with van der Waals surface area (Å²) in [6.07, 6.45) is 3.19. The fraction of sp³-hybridized carbons (Fsp3) is 0.526. The molecule has 1 aromatic carbocycles. The van der Waals surface area contributed by atoms with E-state index >= 15 is 0 Å². The molecule has 6 heteroatoms. The fourth-order valence-electron chi connectivity index (χ4n) is 2.81. The lowest BCUT2D eigenvalue weighted by Gasteiger charge is -2.36. The van der Waals surface area contributed by atoms with Crippen molar-refractivity contribution >= 4 is 5.91 Å². The summed E-state index contributed by atoms with van der Waals surface area (Å²) in [4.78, 5) is 16.7. The maximum atomic E-state index is 12.3. The molecule has 6 nitrogen and oxygen atoms in total. The summed E-state index contributed by atoms with van der Waals surface area (Å²) in [7, 11) is 0. The SMILES string of the molecule is CC(C)(C)Cc1nc(-c2cccc(C(=O)NCC3(O)CCC3)c2)no1. The van der Waals surface area contributed by atoms with Gasteiger partial charge in [0.25, 0.3) is 5.91 Å². The Morgan fingerprint density at radius 3 is 2.76 bits per heavy atom. The molecule has 1 heterocycles. The van der Waals surface area contributed by atoms with Crippen LogP contribution in [0.15, 0.2) is 28.8 Å². The highest BCUT2D eigenvalue weighted by Crippen LogP contribution is 2.30. The van der Waals surface area contributed by atoms with Gasteiger partial charge >= 0.3 is 0 Å². The Morgan fingerprint density at radius 1 is 1.36 bits per heavy atom. The van der Waals surface area contributed by atoms with Crippen LogP contribution in [0.25, 0.3) is 11.4 Å². The summed E-state index contributed by atoms with van der Waals surface area (Å²) in [5, 5.41) is 16.9. The Morgan fingerprint density at radius 2 is 2.12 bits per heavy atom. The van der Waals surface area contributed by atoms with Crippen molar-refractivity contribution in [2.45, 2.75) is 52.1 Å². The lowest BCUT2D eigenvalue weighted by atomic mass is 9.80. The Labute approximate surface area is 147 Å². The molecule has 3 rings (SSSR count). The third kappa shape index (κ3) is 4.45. The van der Waals surface area contributed by atoms with Crippen LogP contribution in [0.2, 0.25) is 0 Å². The molecular formula is C19H25N3O3. The van der Waals surface area contributed by atoms with E-state index in [-0.39, 0.29) is 17.9 Å². The zero-order valence-electron chi connectivity index (χ0n) is 15.0. The molecule has 1 amide bonds. The summed E-state index contributed by atoms with van der Waals surface area (Å²) in [6.45, 7) is 6.61. The third-order valence-electron chi connectivity index (χ3n) is 4.39. The molecule has 1 saturated carbocycles. The number of hydrogen-bond acceptors (Lipinski definition) is 5. The van der Waals surface area contributed by atoms with Gasteiger partial charge in [-0.2, -0.15) is 4.98 Å². The molecule has 0 spiro atoms. The summed E-state index contributed by atoms with van der Waals surface area (Å²) in [6, 6.07) is 7.12. The Hall–Kier alpha value is -2.21. The van der Waals surface area contributed by atoms with Crippen molar-refractivity contribution in [3.63, 3.8) is 0 Å². The molecule has 1 fully saturated rings. The second kappa shape index (κ2) is 6.59. The van der Waals surface area contributed by atoms with Crippen LogP contribution in [0.3, 0.4) is 0 Å². The Balaban J connectivity index is 1.69. The lowest BCUT2D eigenvalue weighted by molar-refractivity contribution is -0.0300. The average molecular weight is 343 g/mol. The van der Waals surface area contributed by atoms with E-state index in [0.29, 0.717) is 23.7 Å². The molecule has 1 aliphatic carbocycles. The molecule has 0 unspecified atom stereocenters. The fourth-order valence-corrected chi connectivity index (χ4v) is 2.81. The summed E-state index contributed by atoms with van der Waals surface area (Å²) < 4.78 is 5.32. The van der Waals surface area contributed by atoms with E-state index in [4.69, 9.17) is 4.52 Å². The number of carbonyl (C=O) groups excluding carboxylic acids is 1. The van der Waals surface area contributed by atoms with E-state index in [1.807, 2.05) is 6.07 Å². The molecule has 0 radical (unpaired) electrons. The molecule has 25 heavy (non-hydrogen) atoms. The van der Waals surface area contributed by atoms with E-state index < -0.39 is 5.60 Å². The van der Waals surface area contributed by atoms with Crippen LogP contribution in [0.4, 0.5) is 0 Å². The largest absolute Gasteiger partial charge is 0.388 e. The molecule has 1 aromatic heterocycles. The topological polar surface area (TPSA) is 88.2 Å². The molecule has 0 aliphatic heterocycles. The number of nitrogens with zero attached hydrogens (tertiary/aromatic N) is 2. The number of aliphatic hydroxyl groups is 1. The average Bonchev–Trinajstić information content (AvgIpc) is 2.97.